The Kier molecular flexibility index (Phi) is 10.5. The molecular formula is C47H42O9. The van der Waals surface area contributed by atoms with E-state index in [2.05, 4.69) is 0 Å². The van der Waals surface area contributed by atoms with Crippen LogP contribution >= 0.6 is 0 Å². The summed E-state index contributed by atoms with van der Waals surface area (Å²) in [6.07, 6.45) is -0.782. The van der Waals surface area contributed by atoms with Gasteiger partial charge in [0.2, 0.25) is 5.75 Å². The van der Waals surface area contributed by atoms with Gasteiger partial charge in [-0.3, -0.25) is 9.59 Å². The first-order valence-electron chi connectivity index (χ1n) is 18.6. The zero-order valence-electron chi connectivity index (χ0n) is 31.4. The summed E-state index contributed by atoms with van der Waals surface area (Å²) in [6.45, 7) is 0.618. The predicted octanol–water partition coefficient (Wildman–Crippen LogP) is 8.79. The summed E-state index contributed by atoms with van der Waals surface area (Å²) < 4.78 is 42.6. The lowest BCUT2D eigenvalue weighted by molar-refractivity contribution is -0.153. The predicted molar refractivity (Wildman–Crippen MR) is 210 cm³/mol. The molecule has 0 aromatic heterocycles. The minimum atomic E-state index is -0.829. The molecule has 0 spiro atoms. The lowest BCUT2D eigenvalue weighted by Gasteiger charge is -2.39. The van der Waals surface area contributed by atoms with Gasteiger partial charge in [-0.2, -0.15) is 0 Å². The number of methoxy groups -OCH3 is 3. The molecule has 4 atom stereocenters. The standard InChI is InChI=1S/C47H42O9/c1-50-40-21-33(22-41(51-2)46(40)52-3)43-35-24-38(53-26-29-13-6-4-7-14-29)39(54-27-30-15-8-5-9-16-30)25-36(35)45(37-28-55-47(49)44(37)43)56-42(48)23-32-19-12-18-31-17-10-11-20-34(31)32/h4-22,24-25,37,43-45H,23,26-28H2,1-3H3/t37-,43+,44-,45+/m0/s1. The molecule has 6 aromatic rings. The molecule has 1 aliphatic carbocycles. The van der Waals surface area contributed by atoms with Crippen molar-refractivity contribution in [3.8, 4) is 28.7 Å². The maximum Gasteiger partial charge on any atom is 0.310 e. The Morgan fingerprint density at radius 1 is 0.661 bits per heavy atom. The van der Waals surface area contributed by atoms with Crippen LogP contribution in [-0.4, -0.2) is 39.9 Å². The van der Waals surface area contributed by atoms with E-state index in [1.165, 1.54) is 0 Å². The average molecular weight is 751 g/mol. The number of hydrogen-bond acceptors (Lipinski definition) is 9. The Hall–Kier alpha value is -6.48. The van der Waals surface area contributed by atoms with Crippen LogP contribution in [0.1, 0.15) is 45.4 Å². The van der Waals surface area contributed by atoms with Crippen LogP contribution in [0.25, 0.3) is 10.8 Å². The molecule has 56 heavy (non-hydrogen) atoms. The minimum Gasteiger partial charge on any atom is -0.493 e. The topological polar surface area (TPSA) is 98.8 Å². The number of ether oxygens (including phenoxy) is 7. The second kappa shape index (κ2) is 16.1. The molecule has 0 unspecified atom stereocenters. The van der Waals surface area contributed by atoms with Gasteiger partial charge in [0.25, 0.3) is 0 Å². The van der Waals surface area contributed by atoms with Gasteiger partial charge < -0.3 is 33.2 Å². The van der Waals surface area contributed by atoms with E-state index < -0.39 is 29.8 Å². The molecule has 0 N–H and O–H groups in total. The van der Waals surface area contributed by atoms with E-state index >= 15 is 0 Å². The Morgan fingerprint density at radius 3 is 1.88 bits per heavy atom. The molecule has 6 aromatic carbocycles. The van der Waals surface area contributed by atoms with Crippen LogP contribution in [0.5, 0.6) is 28.7 Å². The fraction of sp³-hybridized carbons (Fsp3) is 0.234. The lowest BCUT2D eigenvalue weighted by Crippen LogP contribution is -2.37. The van der Waals surface area contributed by atoms with Crippen molar-refractivity contribution in [1.82, 2.24) is 0 Å². The van der Waals surface area contributed by atoms with Gasteiger partial charge in [-0.25, -0.2) is 0 Å². The third kappa shape index (κ3) is 7.20. The molecule has 9 nitrogen and oxygen atoms in total. The zero-order valence-corrected chi connectivity index (χ0v) is 31.4. The normalized spacial score (nSPS) is 18.3. The van der Waals surface area contributed by atoms with Gasteiger partial charge >= 0.3 is 11.9 Å². The van der Waals surface area contributed by atoms with Crippen molar-refractivity contribution in [3.63, 3.8) is 0 Å². The number of carbonyl (C=O) groups excluding carboxylic acids is 2. The van der Waals surface area contributed by atoms with Crippen LogP contribution in [0.2, 0.25) is 0 Å². The molecule has 2 aliphatic rings. The third-order valence-electron chi connectivity index (χ3n) is 10.7. The molecule has 284 valence electrons. The molecule has 0 saturated carbocycles. The number of rotatable bonds is 13. The van der Waals surface area contributed by atoms with Crippen LogP contribution in [0.15, 0.2) is 127 Å². The number of hydrogen-bond donors (Lipinski definition) is 0. The van der Waals surface area contributed by atoms with Crippen molar-refractivity contribution in [1.29, 1.82) is 0 Å². The summed E-state index contributed by atoms with van der Waals surface area (Å²) in [7, 11) is 4.66. The quantitative estimate of drug-likeness (QED) is 0.107. The monoisotopic (exact) mass is 750 g/mol. The van der Waals surface area contributed by atoms with Crippen molar-refractivity contribution in [2.75, 3.05) is 27.9 Å². The van der Waals surface area contributed by atoms with Gasteiger partial charge in [-0.1, -0.05) is 103 Å². The number of benzene rings is 6. The first-order valence-corrected chi connectivity index (χ1v) is 18.6. The molecule has 1 aliphatic heterocycles. The highest BCUT2D eigenvalue weighted by Crippen LogP contribution is 2.56. The lowest BCUT2D eigenvalue weighted by atomic mass is 9.66. The third-order valence-corrected chi connectivity index (χ3v) is 10.7. The Balaban J connectivity index is 1.27. The first kappa shape index (κ1) is 36.5. The molecule has 1 saturated heterocycles. The molecular weight excluding hydrogens is 709 g/mol. The van der Waals surface area contributed by atoms with Gasteiger partial charge in [0.1, 0.15) is 19.3 Å². The fourth-order valence-electron chi connectivity index (χ4n) is 8.04. The zero-order chi connectivity index (χ0) is 38.6. The van der Waals surface area contributed by atoms with Gasteiger partial charge in [-0.05, 0) is 62.9 Å². The summed E-state index contributed by atoms with van der Waals surface area (Å²) in [5.74, 6) is -0.309. The van der Waals surface area contributed by atoms with Crippen molar-refractivity contribution < 1.29 is 42.7 Å². The van der Waals surface area contributed by atoms with E-state index in [-0.39, 0.29) is 32.2 Å². The Morgan fingerprint density at radius 2 is 1.25 bits per heavy atom. The summed E-state index contributed by atoms with van der Waals surface area (Å²) in [4.78, 5) is 28.0. The van der Waals surface area contributed by atoms with Crippen molar-refractivity contribution in [2.45, 2.75) is 31.7 Å². The molecule has 9 heteroatoms. The molecule has 0 radical (unpaired) electrons. The summed E-state index contributed by atoms with van der Waals surface area (Å²) in [5, 5.41) is 2.01. The smallest absolute Gasteiger partial charge is 0.310 e. The second-order valence-corrected chi connectivity index (χ2v) is 14.0. The van der Waals surface area contributed by atoms with Crippen molar-refractivity contribution >= 4 is 22.7 Å². The summed E-state index contributed by atoms with van der Waals surface area (Å²) in [5.41, 5.74) is 4.97. The molecule has 0 bridgehead atoms. The largest absolute Gasteiger partial charge is 0.493 e. The van der Waals surface area contributed by atoms with Crippen LogP contribution in [0.4, 0.5) is 0 Å². The fourth-order valence-corrected chi connectivity index (χ4v) is 8.04. The molecule has 0 amide bonds. The highest BCUT2D eigenvalue weighted by molar-refractivity contribution is 5.89. The van der Waals surface area contributed by atoms with Crippen LogP contribution < -0.4 is 23.7 Å². The second-order valence-electron chi connectivity index (χ2n) is 14.0. The van der Waals surface area contributed by atoms with Gasteiger partial charge in [0.15, 0.2) is 23.0 Å². The van der Waals surface area contributed by atoms with E-state index in [0.717, 1.165) is 38.6 Å². The highest BCUT2D eigenvalue weighted by Gasteiger charge is 2.54. The molecule has 1 heterocycles. The van der Waals surface area contributed by atoms with E-state index in [1.54, 1.807) is 21.3 Å². The van der Waals surface area contributed by atoms with E-state index in [4.69, 9.17) is 33.2 Å². The van der Waals surface area contributed by atoms with Crippen molar-refractivity contribution in [3.05, 3.63) is 161 Å². The molecule has 1 fully saturated rings. The SMILES string of the molecule is COc1cc([C@@H]2c3cc(OCc4ccccc4)c(OCc4ccccc4)cc3[C@@H](OC(=O)Cc3cccc4ccccc34)[C@H]3COC(=O)[C@H]23)cc(OC)c1OC. The van der Waals surface area contributed by atoms with Crippen LogP contribution in [-0.2, 0) is 38.7 Å². The summed E-state index contributed by atoms with van der Waals surface area (Å²) in [6, 6.07) is 41.1. The van der Waals surface area contributed by atoms with Gasteiger partial charge in [0.05, 0.1) is 40.3 Å². The minimum absolute atomic E-state index is 0.0469. The van der Waals surface area contributed by atoms with E-state index in [9.17, 15) is 9.59 Å². The average Bonchev–Trinajstić information content (AvgIpc) is 3.62. The maximum absolute atomic E-state index is 14.1. The number of cyclic esters (lactones) is 1. The highest BCUT2D eigenvalue weighted by atomic mass is 16.6. The van der Waals surface area contributed by atoms with Gasteiger partial charge in [0, 0.05) is 17.4 Å². The maximum atomic E-state index is 14.1. The van der Waals surface area contributed by atoms with Crippen LogP contribution in [0.3, 0.4) is 0 Å². The first-order chi connectivity index (χ1) is 27.4. The number of fused-ring (bicyclic) bond motifs is 3. The van der Waals surface area contributed by atoms with E-state index in [0.29, 0.717) is 34.3 Å². The summed E-state index contributed by atoms with van der Waals surface area (Å²) >= 11 is 0. The Labute approximate surface area is 325 Å². The van der Waals surface area contributed by atoms with Crippen molar-refractivity contribution in [2.24, 2.45) is 11.8 Å². The van der Waals surface area contributed by atoms with Crippen LogP contribution in [0, 0.1) is 11.8 Å². The molecule has 8 rings (SSSR count). The number of carbonyl (C=O) groups is 2. The van der Waals surface area contributed by atoms with E-state index in [1.807, 2.05) is 127 Å². The number of esters is 2. The Bertz CT molecular complexity index is 2330. The van der Waals surface area contributed by atoms with Gasteiger partial charge in [-0.15, -0.1) is 0 Å².